The molecule has 2 amide bonds. The molecule has 114 valence electrons. The van der Waals surface area contributed by atoms with Gasteiger partial charge in [-0.05, 0) is 24.1 Å². The lowest BCUT2D eigenvalue weighted by molar-refractivity contribution is -0.140. The zero-order chi connectivity index (χ0) is 16.2. The topological polar surface area (TPSA) is 95.5 Å². The van der Waals surface area contributed by atoms with Crippen molar-refractivity contribution in [1.29, 1.82) is 0 Å². The first-order valence-corrected chi connectivity index (χ1v) is 6.33. The van der Waals surface area contributed by atoms with Crippen LogP contribution in [0, 0.1) is 11.7 Å². The van der Waals surface area contributed by atoms with Gasteiger partial charge >= 0.3 is 5.97 Å². The van der Waals surface area contributed by atoms with E-state index in [0.29, 0.717) is 0 Å². The van der Waals surface area contributed by atoms with E-state index in [9.17, 15) is 18.8 Å². The van der Waals surface area contributed by atoms with Gasteiger partial charge in [0.25, 0.3) is 5.91 Å². The number of aliphatic carboxylic acids is 1. The Labute approximate surface area is 121 Å². The maximum atomic E-state index is 13.7. The van der Waals surface area contributed by atoms with Gasteiger partial charge in [0.1, 0.15) is 11.9 Å². The molecule has 0 unspecified atom stereocenters. The number of carbonyl (C=O) groups is 3. The highest BCUT2D eigenvalue weighted by Crippen LogP contribution is 2.16. The maximum Gasteiger partial charge on any atom is 0.326 e. The van der Waals surface area contributed by atoms with Gasteiger partial charge in [-0.3, -0.25) is 9.59 Å². The van der Waals surface area contributed by atoms with Crippen LogP contribution in [-0.2, 0) is 9.59 Å². The first-order valence-electron chi connectivity index (χ1n) is 6.33. The number of carbonyl (C=O) groups excluding carboxylic acids is 2. The lowest BCUT2D eigenvalue weighted by atomic mass is 10.0. The van der Waals surface area contributed by atoms with Crippen LogP contribution >= 0.6 is 0 Å². The molecule has 0 fully saturated rings. The zero-order valence-electron chi connectivity index (χ0n) is 11.9. The lowest BCUT2D eigenvalue weighted by Crippen LogP contribution is -2.44. The van der Waals surface area contributed by atoms with Gasteiger partial charge in [0.2, 0.25) is 5.91 Å². The van der Waals surface area contributed by atoms with E-state index in [1.807, 2.05) is 0 Å². The van der Waals surface area contributed by atoms with Crippen molar-refractivity contribution in [3.63, 3.8) is 0 Å². The summed E-state index contributed by atoms with van der Waals surface area (Å²) in [6.45, 7) is 4.54. The second-order valence-electron chi connectivity index (χ2n) is 4.91. The van der Waals surface area contributed by atoms with Crippen LogP contribution in [0.5, 0.6) is 0 Å². The Kier molecular flexibility index (Phi) is 5.40. The average Bonchev–Trinajstić information content (AvgIpc) is 2.36. The van der Waals surface area contributed by atoms with Crippen LogP contribution in [0.3, 0.4) is 0 Å². The Morgan fingerprint density at radius 3 is 2.29 bits per heavy atom. The smallest absolute Gasteiger partial charge is 0.326 e. The van der Waals surface area contributed by atoms with Gasteiger partial charge in [-0.2, -0.15) is 0 Å². The molecule has 0 saturated carbocycles. The molecule has 1 aromatic carbocycles. The number of halogens is 1. The predicted molar refractivity (Wildman–Crippen MR) is 74.4 cm³/mol. The Morgan fingerprint density at radius 2 is 1.86 bits per heavy atom. The van der Waals surface area contributed by atoms with E-state index in [1.54, 1.807) is 13.8 Å². The van der Waals surface area contributed by atoms with Crippen LogP contribution in [0.25, 0.3) is 0 Å². The molecule has 0 aliphatic carbocycles. The predicted octanol–water partition coefficient (Wildman–Crippen LogP) is 1.62. The van der Waals surface area contributed by atoms with Gasteiger partial charge in [0.05, 0.1) is 5.69 Å². The number of hydrogen-bond acceptors (Lipinski definition) is 3. The highest BCUT2D eigenvalue weighted by atomic mass is 19.1. The first-order chi connectivity index (χ1) is 9.72. The van der Waals surface area contributed by atoms with E-state index in [1.165, 1.54) is 19.1 Å². The molecule has 0 aliphatic heterocycles. The molecule has 21 heavy (non-hydrogen) atoms. The van der Waals surface area contributed by atoms with Crippen molar-refractivity contribution in [2.75, 3.05) is 5.32 Å². The summed E-state index contributed by atoms with van der Waals surface area (Å²) in [7, 11) is 0. The van der Waals surface area contributed by atoms with E-state index in [0.717, 1.165) is 6.07 Å². The quantitative estimate of drug-likeness (QED) is 0.769. The van der Waals surface area contributed by atoms with Gasteiger partial charge in [-0.1, -0.05) is 13.8 Å². The fourth-order valence-electron chi connectivity index (χ4n) is 1.69. The zero-order valence-corrected chi connectivity index (χ0v) is 11.9. The van der Waals surface area contributed by atoms with Gasteiger partial charge in [0, 0.05) is 12.5 Å². The molecule has 0 heterocycles. The Balaban J connectivity index is 2.91. The SMILES string of the molecule is CC(=O)Nc1ccc(C(=O)N[C@@H](C(=O)O)C(C)C)cc1F. The summed E-state index contributed by atoms with van der Waals surface area (Å²) in [6.07, 6.45) is 0. The second kappa shape index (κ2) is 6.83. The Hall–Kier alpha value is -2.44. The minimum atomic E-state index is -1.16. The van der Waals surface area contributed by atoms with Crippen molar-refractivity contribution in [3.05, 3.63) is 29.6 Å². The first kappa shape index (κ1) is 16.6. The normalized spacial score (nSPS) is 11.9. The van der Waals surface area contributed by atoms with Crippen molar-refractivity contribution in [3.8, 4) is 0 Å². The number of nitrogens with one attached hydrogen (secondary N) is 2. The van der Waals surface area contributed by atoms with Crippen molar-refractivity contribution in [2.45, 2.75) is 26.8 Å². The van der Waals surface area contributed by atoms with E-state index in [-0.39, 0.29) is 17.2 Å². The second-order valence-corrected chi connectivity index (χ2v) is 4.91. The minimum Gasteiger partial charge on any atom is -0.480 e. The van der Waals surface area contributed by atoms with Gasteiger partial charge in [-0.15, -0.1) is 0 Å². The Morgan fingerprint density at radius 1 is 1.24 bits per heavy atom. The van der Waals surface area contributed by atoms with Gasteiger partial charge < -0.3 is 15.7 Å². The molecule has 0 aromatic heterocycles. The summed E-state index contributed by atoms with van der Waals surface area (Å²) >= 11 is 0. The average molecular weight is 296 g/mol. The summed E-state index contributed by atoms with van der Waals surface area (Å²) in [5.74, 6) is -3.36. The molecule has 1 atom stereocenters. The third-order valence-corrected chi connectivity index (χ3v) is 2.76. The molecule has 7 heteroatoms. The minimum absolute atomic E-state index is 0.0199. The molecule has 3 N–H and O–H groups in total. The molecular formula is C14H17FN2O4. The molecule has 0 saturated heterocycles. The van der Waals surface area contributed by atoms with Crippen LogP contribution in [-0.4, -0.2) is 28.9 Å². The number of benzene rings is 1. The van der Waals surface area contributed by atoms with Crippen LogP contribution in [0.1, 0.15) is 31.1 Å². The van der Waals surface area contributed by atoms with Crippen LogP contribution in [0.4, 0.5) is 10.1 Å². The maximum absolute atomic E-state index is 13.7. The summed E-state index contributed by atoms with van der Waals surface area (Å²) < 4.78 is 13.7. The molecular weight excluding hydrogens is 279 g/mol. The van der Waals surface area contributed by atoms with Crippen LogP contribution in [0.15, 0.2) is 18.2 Å². The standard InChI is InChI=1S/C14H17FN2O4/c1-7(2)12(14(20)21)17-13(19)9-4-5-11(10(15)6-9)16-8(3)18/h4-7,12H,1-3H3,(H,16,18)(H,17,19)(H,20,21)/t12-/m1/s1. The highest BCUT2D eigenvalue weighted by molar-refractivity contribution is 5.97. The molecule has 1 aromatic rings. The third-order valence-electron chi connectivity index (χ3n) is 2.76. The largest absolute Gasteiger partial charge is 0.480 e. The molecule has 6 nitrogen and oxygen atoms in total. The monoisotopic (exact) mass is 296 g/mol. The van der Waals surface area contributed by atoms with E-state index in [4.69, 9.17) is 5.11 Å². The number of amides is 2. The number of anilines is 1. The van der Waals surface area contributed by atoms with Crippen LogP contribution in [0.2, 0.25) is 0 Å². The number of rotatable bonds is 5. The van der Waals surface area contributed by atoms with E-state index < -0.39 is 29.6 Å². The third kappa shape index (κ3) is 4.55. The van der Waals surface area contributed by atoms with Crippen LogP contribution < -0.4 is 10.6 Å². The molecule has 0 spiro atoms. The van der Waals surface area contributed by atoms with Crippen molar-refractivity contribution in [1.82, 2.24) is 5.32 Å². The van der Waals surface area contributed by atoms with Crippen molar-refractivity contribution >= 4 is 23.5 Å². The fraction of sp³-hybridized carbons (Fsp3) is 0.357. The fourth-order valence-corrected chi connectivity index (χ4v) is 1.69. The Bertz CT molecular complexity index is 572. The van der Waals surface area contributed by atoms with Crippen molar-refractivity contribution < 1.29 is 23.9 Å². The highest BCUT2D eigenvalue weighted by Gasteiger charge is 2.24. The number of hydrogen-bond donors (Lipinski definition) is 3. The summed E-state index contributed by atoms with van der Waals surface area (Å²) in [6, 6.07) is 2.44. The van der Waals surface area contributed by atoms with E-state index >= 15 is 0 Å². The van der Waals surface area contributed by atoms with E-state index in [2.05, 4.69) is 10.6 Å². The van der Waals surface area contributed by atoms with Gasteiger partial charge in [0.15, 0.2) is 0 Å². The molecule has 0 radical (unpaired) electrons. The summed E-state index contributed by atoms with van der Waals surface area (Å²) in [5, 5.41) is 13.6. The number of carboxylic acids is 1. The number of carboxylic acid groups (broad SMARTS) is 1. The molecule has 0 aliphatic rings. The lowest BCUT2D eigenvalue weighted by Gasteiger charge is -2.18. The summed E-state index contributed by atoms with van der Waals surface area (Å²) in [4.78, 5) is 33.8. The molecule has 0 bridgehead atoms. The van der Waals surface area contributed by atoms with Crippen molar-refractivity contribution in [2.24, 2.45) is 5.92 Å². The molecule has 1 rings (SSSR count). The summed E-state index contributed by atoms with van der Waals surface area (Å²) in [5.41, 5.74) is -0.0637. The van der Waals surface area contributed by atoms with Gasteiger partial charge in [-0.25, -0.2) is 9.18 Å².